The van der Waals surface area contributed by atoms with Crippen LogP contribution in [0, 0.1) is 18.6 Å². The van der Waals surface area contributed by atoms with Gasteiger partial charge in [0.25, 0.3) is 5.91 Å². The molecule has 2 saturated heterocycles. The smallest absolute Gasteiger partial charge is 0.275 e. The molecule has 39 heavy (non-hydrogen) atoms. The quantitative estimate of drug-likeness (QED) is 0.295. The molecule has 6 heterocycles. The van der Waals surface area contributed by atoms with Gasteiger partial charge in [0.1, 0.15) is 5.82 Å². The van der Waals surface area contributed by atoms with E-state index in [2.05, 4.69) is 20.3 Å². The Morgan fingerprint density at radius 2 is 2.00 bits per heavy atom. The van der Waals surface area contributed by atoms with E-state index < -0.39 is 5.82 Å². The first-order valence-electron chi connectivity index (χ1n) is 12.9. The number of aryl methyl sites for hydroxylation is 1. The van der Waals surface area contributed by atoms with Gasteiger partial charge < -0.3 is 19.5 Å². The third kappa shape index (κ3) is 4.69. The topological polar surface area (TPSA) is 98.7 Å². The molecular formula is C27H28F2IN5O4. The van der Waals surface area contributed by atoms with Gasteiger partial charge in [0.15, 0.2) is 24.0 Å². The van der Waals surface area contributed by atoms with Crippen LogP contribution in [0.4, 0.5) is 14.6 Å². The molecule has 0 atom stereocenters. The van der Waals surface area contributed by atoms with Crippen molar-refractivity contribution in [3.8, 4) is 11.6 Å². The molecule has 1 aliphatic carbocycles. The number of nitrogens with zero attached hydrogens (tertiary/aromatic N) is 4. The van der Waals surface area contributed by atoms with E-state index in [9.17, 15) is 9.18 Å². The Hall–Kier alpha value is -2.71. The van der Waals surface area contributed by atoms with E-state index in [1.54, 1.807) is 19.1 Å². The molecule has 0 spiro atoms. The van der Waals surface area contributed by atoms with Crippen LogP contribution in [0.2, 0.25) is 0 Å². The predicted molar refractivity (Wildman–Crippen MR) is 147 cm³/mol. The number of hydrogen-bond acceptors (Lipinski definition) is 8. The average molecular weight is 651 g/mol. The van der Waals surface area contributed by atoms with Crippen molar-refractivity contribution in [1.29, 1.82) is 0 Å². The van der Waals surface area contributed by atoms with Gasteiger partial charge >= 0.3 is 0 Å². The SMILES string of the molecule is COc1ccc2ncc(F)c(CCC34CCC(NCc5nc6c(c(C)c5F)OCC(=O)N6I)(CC3)CO4)c2n1. The summed E-state index contributed by atoms with van der Waals surface area (Å²) in [4.78, 5) is 25.1. The van der Waals surface area contributed by atoms with Crippen molar-refractivity contribution < 1.29 is 27.8 Å². The molecule has 3 aromatic heterocycles. The lowest BCUT2D eigenvalue weighted by Gasteiger charge is -2.53. The Kier molecular flexibility index (Phi) is 6.82. The number of nitrogens with one attached hydrogen (secondary N) is 1. The molecule has 1 N–H and O–H groups in total. The maximum atomic E-state index is 15.2. The van der Waals surface area contributed by atoms with Crippen LogP contribution >= 0.6 is 22.9 Å². The second-order valence-electron chi connectivity index (χ2n) is 10.5. The number of carbonyl (C=O) groups excluding carboxylic acids is 1. The minimum atomic E-state index is -0.435. The largest absolute Gasteiger partial charge is 0.481 e. The van der Waals surface area contributed by atoms with E-state index in [1.807, 2.05) is 22.9 Å². The number of pyridine rings is 3. The van der Waals surface area contributed by atoms with Crippen molar-refractivity contribution in [3.63, 3.8) is 0 Å². The molecule has 0 radical (unpaired) electrons. The summed E-state index contributed by atoms with van der Waals surface area (Å²) in [6, 6.07) is 3.50. The molecule has 206 valence electrons. The lowest BCUT2D eigenvalue weighted by molar-refractivity contribution is -0.165. The summed E-state index contributed by atoms with van der Waals surface area (Å²) in [5.41, 5.74) is 1.62. The van der Waals surface area contributed by atoms with Gasteiger partial charge in [-0.3, -0.25) is 9.78 Å². The van der Waals surface area contributed by atoms with Gasteiger partial charge in [0.05, 0.1) is 65.1 Å². The first-order chi connectivity index (χ1) is 18.7. The molecular weight excluding hydrogens is 623 g/mol. The Bertz CT molecular complexity index is 1450. The molecule has 3 fully saturated rings. The fourth-order valence-electron chi connectivity index (χ4n) is 5.81. The molecule has 0 aromatic carbocycles. The van der Waals surface area contributed by atoms with Crippen LogP contribution in [0.3, 0.4) is 0 Å². The number of amides is 1. The Balaban J connectivity index is 1.13. The molecule has 3 aliphatic heterocycles. The first-order valence-corrected chi connectivity index (χ1v) is 13.9. The summed E-state index contributed by atoms with van der Waals surface area (Å²) in [6.07, 6.45) is 5.71. The highest BCUT2D eigenvalue weighted by molar-refractivity contribution is 14.1. The molecule has 1 amide bonds. The van der Waals surface area contributed by atoms with Gasteiger partial charge in [-0.25, -0.2) is 21.9 Å². The van der Waals surface area contributed by atoms with Crippen molar-refractivity contribution in [1.82, 2.24) is 20.3 Å². The highest BCUT2D eigenvalue weighted by Gasteiger charge is 2.49. The van der Waals surface area contributed by atoms with Crippen LogP contribution < -0.4 is 17.9 Å². The van der Waals surface area contributed by atoms with Gasteiger partial charge in [-0.1, -0.05) is 0 Å². The number of aromatic nitrogens is 3. The van der Waals surface area contributed by atoms with E-state index in [1.165, 1.54) is 16.4 Å². The molecule has 7 rings (SSSR count). The summed E-state index contributed by atoms with van der Waals surface area (Å²) in [5.74, 6) is -0.00514. The molecule has 2 bridgehead atoms. The van der Waals surface area contributed by atoms with Crippen molar-refractivity contribution >= 4 is 45.6 Å². The highest BCUT2D eigenvalue weighted by atomic mass is 127. The van der Waals surface area contributed by atoms with E-state index >= 15 is 4.39 Å². The number of halogens is 3. The number of rotatable bonds is 7. The van der Waals surface area contributed by atoms with Gasteiger partial charge in [-0.05, 0) is 51.5 Å². The predicted octanol–water partition coefficient (Wildman–Crippen LogP) is 4.50. The minimum Gasteiger partial charge on any atom is -0.481 e. The van der Waals surface area contributed by atoms with Crippen molar-refractivity contribution in [2.45, 2.75) is 63.1 Å². The standard InChI is InChI=1S/C27H28F2IN5O4/c1-15-22(29)19(33-25-24(15)38-13-21(36)35(25)30)12-32-26-7-9-27(10-8-26,39-14-26)6-5-16-17(28)11-31-18-3-4-20(37-2)34-23(16)18/h3-4,11,32H,5-10,12-14H2,1-2H3. The molecule has 1 saturated carbocycles. The third-order valence-electron chi connectivity index (χ3n) is 8.30. The zero-order valence-corrected chi connectivity index (χ0v) is 23.8. The van der Waals surface area contributed by atoms with E-state index in [0.717, 1.165) is 25.7 Å². The van der Waals surface area contributed by atoms with E-state index in [4.69, 9.17) is 14.2 Å². The van der Waals surface area contributed by atoms with Gasteiger partial charge in [0, 0.05) is 29.3 Å². The molecule has 9 nitrogen and oxygen atoms in total. The van der Waals surface area contributed by atoms with Crippen LogP contribution in [-0.2, 0) is 22.5 Å². The Labute approximate surface area is 238 Å². The number of ether oxygens (including phenoxy) is 3. The van der Waals surface area contributed by atoms with E-state index in [-0.39, 0.29) is 41.7 Å². The van der Waals surface area contributed by atoms with Gasteiger partial charge in [0.2, 0.25) is 5.88 Å². The summed E-state index contributed by atoms with van der Waals surface area (Å²) < 4.78 is 48.4. The highest BCUT2D eigenvalue weighted by Crippen LogP contribution is 2.46. The van der Waals surface area contributed by atoms with E-state index in [0.29, 0.717) is 59.1 Å². The summed E-state index contributed by atoms with van der Waals surface area (Å²) in [7, 11) is 1.53. The number of hydrogen-bond donors (Lipinski definition) is 1. The number of methoxy groups -OCH3 is 1. The number of anilines is 1. The normalized spacial score (nSPS) is 24.1. The lowest BCUT2D eigenvalue weighted by atomic mass is 9.69. The summed E-state index contributed by atoms with van der Waals surface area (Å²) in [5, 5.41) is 3.51. The molecule has 4 aliphatic rings. The second-order valence-corrected chi connectivity index (χ2v) is 11.5. The molecule has 3 aromatic rings. The molecule has 12 heteroatoms. The molecule has 0 unspecified atom stereocenters. The zero-order valence-electron chi connectivity index (χ0n) is 21.7. The summed E-state index contributed by atoms with van der Waals surface area (Å²) >= 11 is 1.87. The van der Waals surface area contributed by atoms with Crippen molar-refractivity contribution in [2.75, 3.05) is 23.4 Å². The second kappa shape index (κ2) is 10.0. The Morgan fingerprint density at radius 3 is 2.72 bits per heavy atom. The number of carbonyl (C=O) groups is 1. The van der Waals surface area contributed by atoms with Crippen LogP contribution in [0.5, 0.6) is 11.6 Å². The fraction of sp³-hybridized carbons (Fsp3) is 0.481. The van der Waals surface area contributed by atoms with Crippen molar-refractivity contribution in [3.05, 3.63) is 46.8 Å². The third-order valence-corrected chi connectivity index (χ3v) is 9.29. The van der Waals surface area contributed by atoms with Gasteiger partial charge in [-0.15, -0.1) is 0 Å². The summed E-state index contributed by atoms with van der Waals surface area (Å²) in [6.45, 7) is 2.18. The van der Waals surface area contributed by atoms with Crippen LogP contribution in [0.25, 0.3) is 11.0 Å². The maximum absolute atomic E-state index is 15.2. The fourth-order valence-corrected chi connectivity index (χ4v) is 6.28. The maximum Gasteiger partial charge on any atom is 0.275 e. The average Bonchev–Trinajstić information content (AvgIpc) is 2.96. The van der Waals surface area contributed by atoms with Crippen molar-refractivity contribution in [2.24, 2.45) is 0 Å². The number of fused-ring (bicyclic) bond motifs is 5. The van der Waals surface area contributed by atoms with Crippen LogP contribution in [-0.4, -0.2) is 52.3 Å². The minimum absolute atomic E-state index is 0.133. The van der Waals surface area contributed by atoms with Crippen LogP contribution in [0.1, 0.15) is 48.9 Å². The first kappa shape index (κ1) is 26.5. The Morgan fingerprint density at radius 1 is 1.21 bits per heavy atom. The monoisotopic (exact) mass is 651 g/mol. The van der Waals surface area contributed by atoms with Crippen LogP contribution in [0.15, 0.2) is 18.3 Å². The van der Waals surface area contributed by atoms with Gasteiger partial charge in [-0.2, -0.15) is 0 Å². The lowest BCUT2D eigenvalue weighted by Crippen LogP contribution is -2.61. The zero-order chi connectivity index (χ0) is 27.4.